The van der Waals surface area contributed by atoms with Crippen LogP contribution in [0.25, 0.3) is 0 Å². The molecule has 1 aliphatic heterocycles. The van der Waals surface area contributed by atoms with Crippen LogP contribution in [0, 0.1) is 11.7 Å². The first kappa shape index (κ1) is 32.4. The molecule has 0 aromatic heterocycles. The number of Topliss-reactive ketones (excluding diaryl/α,β-unsaturated/α-hetero) is 1. The van der Waals surface area contributed by atoms with Crippen LogP contribution in [-0.2, 0) is 32.4 Å². The summed E-state index contributed by atoms with van der Waals surface area (Å²) in [6.07, 6.45) is 1.18. The van der Waals surface area contributed by atoms with Gasteiger partial charge in [-0.15, -0.1) is 0 Å². The fourth-order valence-electron chi connectivity index (χ4n) is 6.11. The van der Waals surface area contributed by atoms with Crippen molar-refractivity contribution in [1.29, 1.82) is 0 Å². The number of piperazine rings is 1. The molecule has 0 spiro atoms. The molecular formula is C31H41ClFN3O5S. The summed E-state index contributed by atoms with van der Waals surface area (Å²) < 4.78 is 48.2. The number of nitrogens with one attached hydrogen (secondary N) is 2. The second-order valence-corrected chi connectivity index (χ2v) is 14.3. The van der Waals surface area contributed by atoms with Crippen molar-refractivity contribution in [2.45, 2.75) is 82.2 Å². The topological polar surface area (TPSA) is 105 Å². The van der Waals surface area contributed by atoms with Crippen molar-refractivity contribution >= 4 is 33.5 Å². The predicted molar refractivity (Wildman–Crippen MR) is 162 cm³/mol. The van der Waals surface area contributed by atoms with E-state index in [9.17, 15) is 18.0 Å². The standard InChI is InChI=1S/C31H41ClFN3O5S/c1-19(2)29(22-8-5-9-23(32)15-22)30(35-31(38)41-4)28(37)16-21-7-6-10-27(33)26(21)14-11-24-18-34-17-20(3)36(24)42(39,40)25-12-13-25/h5-10,15,19-20,24-25,29-30,34H,11-14,16-18H2,1-4H3,(H,35,38)/t20-,24+,29-,30-/m1/s1. The van der Waals surface area contributed by atoms with Gasteiger partial charge < -0.3 is 15.4 Å². The van der Waals surface area contributed by atoms with Gasteiger partial charge in [0.25, 0.3) is 0 Å². The maximum absolute atomic E-state index is 15.3. The monoisotopic (exact) mass is 621 g/mol. The number of halogens is 2. The van der Waals surface area contributed by atoms with Gasteiger partial charge in [0.2, 0.25) is 10.0 Å². The van der Waals surface area contributed by atoms with Crippen molar-refractivity contribution in [3.8, 4) is 0 Å². The van der Waals surface area contributed by atoms with Crippen LogP contribution in [0.5, 0.6) is 0 Å². The smallest absolute Gasteiger partial charge is 0.407 e. The summed E-state index contributed by atoms with van der Waals surface area (Å²) in [5, 5.41) is 6.22. The average Bonchev–Trinajstić information content (AvgIpc) is 3.78. The highest BCUT2D eigenvalue weighted by atomic mass is 35.5. The molecule has 0 bridgehead atoms. The van der Waals surface area contributed by atoms with Crippen LogP contribution < -0.4 is 10.6 Å². The molecule has 1 saturated carbocycles. The minimum atomic E-state index is -3.42. The Balaban J connectivity index is 1.59. The van der Waals surface area contributed by atoms with Gasteiger partial charge in [-0.05, 0) is 73.4 Å². The molecular weight excluding hydrogens is 581 g/mol. The van der Waals surface area contributed by atoms with E-state index in [4.69, 9.17) is 16.3 Å². The number of hydrogen-bond donors (Lipinski definition) is 2. The minimum absolute atomic E-state index is 0.0539. The largest absolute Gasteiger partial charge is 0.453 e. The van der Waals surface area contributed by atoms with E-state index >= 15 is 4.39 Å². The van der Waals surface area contributed by atoms with Gasteiger partial charge in [-0.25, -0.2) is 17.6 Å². The number of ketones is 1. The number of carbonyl (C=O) groups excluding carboxylic acids is 2. The number of sulfonamides is 1. The Morgan fingerprint density at radius 1 is 1.17 bits per heavy atom. The molecule has 2 fully saturated rings. The van der Waals surface area contributed by atoms with Crippen LogP contribution in [-0.4, -0.2) is 68.2 Å². The minimum Gasteiger partial charge on any atom is -0.453 e. The fraction of sp³-hybridized carbons (Fsp3) is 0.548. The third-order valence-electron chi connectivity index (χ3n) is 8.28. The van der Waals surface area contributed by atoms with Crippen molar-refractivity contribution in [3.05, 3.63) is 70.0 Å². The van der Waals surface area contributed by atoms with Gasteiger partial charge in [0, 0.05) is 42.5 Å². The normalized spacial score (nSPS) is 21.1. The lowest BCUT2D eigenvalue weighted by Gasteiger charge is -2.40. The van der Waals surface area contributed by atoms with Crippen molar-refractivity contribution in [2.24, 2.45) is 5.92 Å². The summed E-state index contributed by atoms with van der Waals surface area (Å²) in [7, 11) is -2.18. The maximum Gasteiger partial charge on any atom is 0.407 e. The van der Waals surface area contributed by atoms with Gasteiger partial charge in [-0.2, -0.15) is 4.31 Å². The first-order valence-corrected chi connectivity index (χ1v) is 16.4. The third-order valence-corrected chi connectivity index (χ3v) is 11.1. The van der Waals surface area contributed by atoms with Gasteiger partial charge in [-0.1, -0.05) is 49.7 Å². The van der Waals surface area contributed by atoms with E-state index in [1.165, 1.54) is 13.2 Å². The molecule has 1 aliphatic carbocycles. The van der Waals surface area contributed by atoms with E-state index in [0.717, 1.165) is 5.56 Å². The van der Waals surface area contributed by atoms with Crippen molar-refractivity contribution in [3.63, 3.8) is 0 Å². The number of ether oxygens (including phenoxy) is 1. The summed E-state index contributed by atoms with van der Waals surface area (Å²) in [4.78, 5) is 26.3. The van der Waals surface area contributed by atoms with Crippen molar-refractivity contribution in [1.82, 2.24) is 14.9 Å². The summed E-state index contributed by atoms with van der Waals surface area (Å²) in [5.74, 6) is -1.21. The predicted octanol–water partition coefficient (Wildman–Crippen LogP) is 4.84. The number of alkyl carbamates (subject to hydrolysis) is 1. The molecule has 230 valence electrons. The van der Waals surface area contributed by atoms with E-state index in [-0.39, 0.29) is 41.9 Å². The second-order valence-electron chi connectivity index (χ2n) is 11.7. The summed E-state index contributed by atoms with van der Waals surface area (Å²) >= 11 is 6.26. The number of carbonyl (C=O) groups is 2. The highest BCUT2D eigenvalue weighted by molar-refractivity contribution is 7.90. The van der Waals surface area contributed by atoms with Crippen molar-refractivity contribution < 1.29 is 27.1 Å². The summed E-state index contributed by atoms with van der Waals surface area (Å²) in [5.41, 5.74) is 1.69. The zero-order valence-electron chi connectivity index (χ0n) is 24.6. The van der Waals surface area contributed by atoms with Gasteiger partial charge in [0.15, 0.2) is 5.78 Å². The molecule has 4 atom stereocenters. The number of benzene rings is 2. The molecule has 0 unspecified atom stereocenters. The number of nitrogens with zero attached hydrogens (tertiary/aromatic N) is 1. The average molecular weight is 622 g/mol. The van der Waals surface area contributed by atoms with Crippen molar-refractivity contribution in [2.75, 3.05) is 20.2 Å². The summed E-state index contributed by atoms with van der Waals surface area (Å²) in [6.45, 7) is 6.86. The zero-order valence-corrected chi connectivity index (χ0v) is 26.2. The molecule has 4 rings (SSSR count). The first-order valence-electron chi connectivity index (χ1n) is 14.6. The Kier molecular flexibility index (Phi) is 10.7. The highest BCUT2D eigenvalue weighted by Crippen LogP contribution is 2.35. The molecule has 8 nitrogen and oxygen atoms in total. The highest BCUT2D eigenvalue weighted by Gasteiger charge is 2.45. The van der Waals surface area contributed by atoms with Crippen LogP contribution >= 0.6 is 11.6 Å². The molecule has 0 radical (unpaired) electrons. The SMILES string of the molecule is COC(=O)N[C@H](C(=O)Cc1cccc(F)c1CC[C@H]1CNC[C@@H](C)N1S(=O)(=O)C1CC1)[C@@H](c1cccc(Cl)c1)C(C)C. The van der Waals surface area contributed by atoms with Gasteiger partial charge in [0.05, 0.1) is 18.4 Å². The number of rotatable bonds is 12. The summed E-state index contributed by atoms with van der Waals surface area (Å²) in [6, 6.07) is 10.4. The first-order chi connectivity index (χ1) is 19.9. The Bertz CT molecular complexity index is 1380. The molecule has 2 aliphatic rings. The van der Waals surface area contributed by atoms with E-state index < -0.39 is 33.9 Å². The molecule has 11 heteroatoms. The van der Waals surface area contributed by atoms with Gasteiger partial charge in [0.1, 0.15) is 5.82 Å². The number of methoxy groups -OCH3 is 1. The molecule has 2 aromatic rings. The lowest BCUT2D eigenvalue weighted by Crippen LogP contribution is -2.59. The van der Waals surface area contributed by atoms with E-state index in [1.807, 2.05) is 26.8 Å². The number of hydrogen-bond acceptors (Lipinski definition) is 6. The Morgan fingerprint density at radius 2 is 1.88 bits per heavy atom. The molecule has 2 N–H and O–H groups in total. The van der Waals surface area contributed by atoms with Crippen LogP contribution in [0.15, 0.2) is 42.5 Å². The molecule has 2 aromatic carbocycles. The Labute approximate surface area is 253 Å². The van der Waals surface area contributed by atoms with E-state index in [0.29, 0.717) is 48.5 Å². The Hall–Kier alpha value is -2.53. The molecule has 1 heterocycles. The van der Waals surface area contributed by atoms with Crippen LogP contribution in [0.2, 0.25) is 5.02 Å². The van der Waals surface area contributed by atoms with E-state index in [1.54, 1.807) is 34.6 Å². The molecule has 42 heavy (non-hydrogen) atoms. The molecule has 1 amide bonds. The van der Waals surface area contributed by atoms with Crippen LogP contribution in [0.4, 0.5) is 9.18 Å². The maximum atomic E-state index is 15.3. The number of amides is 1. The lowest BCUT2D eigenvalue weighted by atomic mass is 9.79. The van der Waals surface area contributed by atoms with E-state index in [2.05, 4.69) is 10.6 Å². The Morgan fingerprint density at radius 3 is 2.52 bits per heavy atom. The second kappa shape index (κ2) is 13.8. The lowest BCUT2D eigenvalue weighted by molar-refractivity contribution is -0.121. The molecule has 1 saturated heterocycles. The quantitative estimate of drug-likeness (QED) is 0.351. The van der Waals surface area contributed by atoms with Crippen LogP contribution in [0.3, 0.4) is 0 Å². The fourth-order valence-corrected chi connectivity index (χ4v) is 8.56. The van der Waals surface area contributed by atoms with Gasteiger partial charge >= 0.3 is 6.09 Å². The zero-order chi connectivity index (χ0) is 30.6. The van der Waals surface area contributed by atoms with Gasteiger partial charge in [-0.3, -0.25) is 4.79 Å². The third kappa shape index (κ3) is 7.51. The van der Waals surface area contributed by atoms with Crippen LogP contribution in [0.1, 0.15) is 62.6 Å².